The Hall–Kier alpha value is -3.46. The first-order valence-corrected chi connectivity index (χ1v) is 14.3. The summed E-state index contributed by atoms with van der Waals surface area (Å²) >= 11 is 6.07. The Morgan fingerprint density at radius 2 is 1.68 bits per heavy atom. The molecule has 1 aliphatic carbocycles. The molecule has 212 valence electrons. The lowest BCUT2D eigenvalue weighted by atomic mass is 9.81. The molecule has 1 aliphatic heterocycles. The molecule has 0 bridgehead atoms. The van der Waals surface area contributed by atoms with Crippen molar-refractivity contribution in [2.45, 2.75) is 64.8 Å². The first-order chi connectivity index (χ1) is 18.9. The summed E-state index contributed by atoms with van der Waals surface area (Å²) in [6.45, 7) is 9.37. The predicted molar refractivity (Wildman–Crippen MR) is 152 cm³/mol. The molecule has 2 fully saturated rings. The van der Waals surface area contributed by atoms with E-state index in [1.165, 1.54) is 0 Å². The topological polar surface area (TPSA) is 108 Å². The molecule has 3 heterocycles. The molecule has 5 rings (SSSR count). The van der Waals surface area contributed by atoms with Crippen molar-refractivity contribution in [3.63, 3.8) is 0 Å². The van der Waals surface area contributed by atoms with Gasteiger partial charge in [0.2, 0.25) is 5.91 Å². The second kappa shape index (κ2) is 10.8. The van der Waals surface area contributed by atoms with Gasteiger partial charge in [-0.25, -0.2) is 9.50 Å². The van der Waals surface area contributed by atoms with Crippen LogP contribution in [-0.4, -0.2) is 72.5 Å². The monoisotopic (exact) mass is 565 g/mol. The average molecular weight is 566 g/mol. The molecule has 3 aromatic rings. The summed E-state index contributed by atoms with van der Waals surface area (Å²) in [7, 11) is 0. The van der Waals surface area contributed by atoms with Crippen molar-refractivity contribution >= 4 is 35.0 Å². The molecule has 0 unspecified atom stereocenters. The molecule has 2 aliphatic rings. The molecule has 0 spiro atoms. The standard InChI is InChI=1S/C30H36ClN5O4/c1-18(2)23-15-24(19-9-11-22(31)12-10-19)33-36-16-25(32-26(23)36)28(38)35-14-13-34(17-30(35,3)4)27(37)20-5-7-21(8-6-20)29(39)40/h9-12,15-16,18,20-21H,5-8,13-14,17H2,1-4H3,(H,39,40)/t20-,21+. The number of carboxylic acid groups (broad SMARTS) is 1. The third-order valence-corrected chi connectivity index (χ3v) is 8.57. The summed E-state index contributed by atoms with van der Waals surface area (Å²) in [6.07, 6.45) is 3.96. The number of carbonyl (C=O) groups is 3. The van der Waals surface area contributed by atoms with Crippen LogP contribution < -0.4 is 0 Å². The lowest BCUT2D eigenvalue weighted by Crippen LogP contribution is -2.62. The van der Waals surface area contributed by atoms with Crippen molar-refractivity contribution in [1.82, 2.24) is 24.4 Å². The number of carbonyl (C=O) groups excluding carboxylic acids is 2. The Labute approximate surface area is 239 Å². The van der Waals surface area contributed by atoms with Crippen LogP contribution >= 0.6 is 11.6 Å². The average Bonchev–Trinajstić information content (AvgIpc) is 3.36. The van der Waals surface area contributed by atoms with Crippen molar-refractivity contribution in [3.05, 3.63) is 52.8 Å². The minimum Gasteiger partial charge on any atom is -0.481 e. The van der Waals surface area contributed by atoms with Crippen molar-refractivity contribution in [1.29, 1.82) is 0 Å². The Balaban J connectivity index is 1.35. The van der Waals surface area contributed by atoms with Crippen LogP contribution in [0.5, 0.6) is 0 Å². The van der Waals surface area contributed by atoms with Gasteiger partial charge in [0.25, 0.3) is 5.91 Å². The number of hydrogen-bond donors (Lipinski definition) is 1. The van der Waals surface area contributed by atoms with Gasteiger partial charge in [0, 0.05) is 41.7 Å². The van der Waals surface area contributed by atoms with Crippen molar-refractivity contribution in [3.8, 4) is 11.3 Å². The number of carboxylic acids is 1. The third-order valence-electron chi connectivity index (χ3n) is 8.32. The minimum atomic E-state index is -0.775. The molecule has 2 amide bonds. The van der Waals surface area contributed by atoms with E-state index >= 15 is 0 Å². The Morgan fingerprint density at radius 3 is 2.27 bits per heavy atom. The van der Waals surface area contributed by atoms with E-state index in [2.05, 4.69) is 13.8 Å². The lowest BCUT2D eigenvalue weighted by Gasteiger charge is -2.47. The normalized spacial score (nSPS) is 21.1. The number of fused-ring (bicyclic) bond motifs is 1. The van der Waals surface area contributed by atoms with Gasteiger partial charge in [-0.15, -0.1) is 0 Å². The SMILES string of the molecule is CC(C)c1cc(-c2ccc(Cl)cc2)nn2cc(C(=O)N3CCN(C(=O)[C@H]4CC[C@@H](C(=O)O)CC4)CC3(C)C)nc12. The van der Waals surface area contributed by atoms with Crippen LogP contribution in [0.4, 0.5) is 0 Å². The fraction of sp³-hybridized carbons (Fsp3) is 0.500. The number of amides is 2. The van der Waals surface area contributed by atoms with Crippen LogP contribution in [-0.2, 0) is 9.59 Å². The maximum Gasteiger partial charge on any atom is 0.306 e. The first kappa shape index (κ1) is 28.1. The van der Waals surface area contributed by atoms with E-state index in [9.17, 15) is 19.5 Å². The zero-order valence-electron chi connectivity index (χ0n) is 23.4. The molecule has 9 nitrogen and oxygen atoms in total. The largest absolute Gasteiger partial charge is 0.481 e. The molecule has 10 heteroatoms. The van der Waals surface area contributed by atoms with Crippen LogP contribution in [0.2, 0.25) is 5.02 Å². The second-order valence-corrected chi connectivity index (χ2v) is 12.4. The van der Waals surface area contributed by atoms with E-state index in [0.717, 1.165) is 16.8 Å². The van der Waals surface area contributed by atoms with Crippen LogP contribution in [0, 0.1) is 11.8 Å². The molecule has 1 aromatic carbocycles. The number of aromatic nitrogens is 3. The van der Waals surface area contributed by atoms with E-state index in [1.54, 1.807) is 15.6 Å². The number of nitrogens with zero attached hydrogens (tertiary/aromatic N) is 5. The summed E-state index contributed by atoms with van der Waals surface area (Å²) in [6, 6.07) is 9.51. The summed E-state index contributed by atoms with van der Waals surface area (Å²) in [5.41, 5.74) is 3.07. The van der Waals surface area contributed by atoms with Gasteiger partial charge in [-0.05, 0) is 63.6 Å². The maximum absolute atomic E-state index is 13.8. The van der Waals surface area contributed by atoms with Gasteiger partial charge in [0.1, 0.15) is 5.69 Å². The van der Waals surface area contributed by atoms with Crippen LogP contribution in [0.1, 0.15) is 75.3 Å². The smallest absolute Gasteiger partial charge is 0.306 e. The van der Waals surface area contributed by atoms with Gasteiger partial charge in [0.15, 0.2) is 5.65 Å². The van der Waals surface area contributed by atoms with Crippen molar-refractivity contribution in [2.24, 2.45) is 11.8 Å². The van der Waals surface area contributed by atoms with E-state index in [4.69, 9.17) is 21.7 Å². The highest BCUT2D eigenvalue weighted by Crippen LogP contribution is 2.33. The Morgan fingerprint density at radius 1 is 1.02 bits per heavy atom. The molecular formula is C30H36ClN5O4. The fourth-order valence-corrected chi connectivity index (χ4v) is 6.12. The molecule has 0 atom stereocenters. The number of imidazole rings is 1. The molecule has 1 N–H and O–H groups in total. The molecule has 1 saturated heterocycles. The molecular weight excluding hydrogens is 530 g/mol. The Kier molecular flexibility index (Phi) is 7.61. The van der Waals surface area contributed by atoms with Gasteiger partial charge in [-0.3, -0.25) is 14.4 Å². The van der Waals surface area contributed by atoms with E-state index in [0.29, 0.717) is 61.7 Å². The molecule has 40 heavy (non-hydrogen) atoms. The van der Waals surface area contributed by atoms with Gasteiger partial charge in [-0.2, -0.15) is 5.10 Å². The zero-order chi connectivity index (χ0) is 28.8. The van der Waals surface area contributed by atoms with Crippen LogP contribution in [0.15, 0.2) is 36.5 Å². The van der Waals surface area contributed by atoms with E-state index in [1.807, 2.05) is 49.1 Å². The third kappa shape index (κ3) is 5.44. The molecule has 1 saturated carbocycles. The number of piperazine rings is 1. The van der Waals surface area contributed by atoms with Gasteiger partial charge < -0.3 is 14.9 Å². The van der Waals surface area contributed by atoms with Gasteiger partial charge >= 0.3 is 5.97 Å². The highest BCUT2D eigenvalue weighted by Gasteiger charge is 2.41. The zero-order valence-corrected chi connectivity index (χ0v) is 24.2. The summed E-state index contributed by atoms with van der Waals surface area (Å²) < 4.78 is 1.69. The quantitative estimate of drug-likeness (QED) is 0.459. The number of hydrogen-bond acceptors (Lipinski definition) is 5. The summed E-state index contributed by atoms with van der Waals surface area (Å²) in [5.74, 6) is -1.23. The van der Waals surface area contributed by atoms with Gasteiger partial charge in [-0.1, -0.05) is 37.6 Å². The van der Waals surface area contributed by atoms with Crippen molar-refractivity contribution < 1.29 is 19.5 Å². The Bertz CT molecular complexity index is 1440. The van der Waals surface area contributed by atoms with Crippen LogP contribution in [0.25, 0.3) is 16.9 Å². The highest BCUT2D eigenvalue weighted by molar-refractivity contribution is 6.30. The number of halogens is 1. The fourth-order valence-electron chi connectivity index (χ4n) is 5.99. The first-order valence-electron chi connectivity index (χ1n) is 13.9. The van der Waals surface area contributed by atoms with E-state index in [-0.39, 0.29) is 29.6 Å². The lowest BCUT2D eigenvalue weighted by molar-refractivity contribution is -0.147. The summed E-state index contributed by atoms with van der Waals surface area (Å²) in [4.78, 5) is 46.7. The van der Waals surface area contributed by atoms with E-state index < -0.39 is 11.5 Å². The number of aliphatic carboxylic acids is 1. The minimum absolute atomic E-state index is 0.0669. The second-order valence-electron chi connectivity index (χ2n) is 12.0. The summed E-state index contributed by atoms with van der Waals surface area (Å²) in [5, 5.41) is 14.7. The van der Waals surface area contributed by atoms with Crippen LogP contribution in [0.3, 0.4) is 0 Å². The maximum atomic E-state index is 13.8. The highest BCUT2D eigenvalue weighted by atomic mass is 35.5. The predicted octanol–water partition coefficient (Wildman–Crippen LogP) is 5.13. The number of rotatable bonds is 5. The number of benzene rings is 1. The van der Waals surface area contributed by atoms with Crippen molar-refractivity contribution in [2.75, 3.05) is 19.6 Å². The molecule has 0 radical (unpaired) electrons. The van der Waals surface area contributed by atoms with Gasteiger partial charge in [0.05, 0.1) is 23.3 Å². The molecule has 2 aromatic heterocycles.